The first-order valence-electron chi connectivity index (χ1n) is 5.43. The van der Waals surface area contributed by atoms with Gasteiger partial charge in [-0.25, -0.2) is 0 Å². The van der Waals surface area contributed by atoms with Crippen molar-refractivity contribution in [2.45, 2.75) is 6.42 Å². The van der Waals surface area contributed by atoms with Gasteiger partial charge in [0.2, 0.25) is 0 Å². The van der Waals surface area contributed by atoms with E-state index in [1.165, 1.54) is 0 Å². The lowest BCUT2D eigenvalue weighted by Crippen LogP contribution is -2.15. The summed E-state index contributed by atoms with van der Waals surface area (Å²) in [5.41, 5.74) is 0.973. The SMILES string of the molecule is CNCCC#Cc1ccc2c(c1)OCCO2. The fraction of sp³-hybridized carbons (Fsp3) is 0.385. The topological polar surface area (TPSA) is 30.5 Å². The van der Waals surface area contributed by atoms with Gasteiger partial charge in [0.1, 0.15) is 13.2 Å². The van der Waals surface area contributed by atoms with Crippen LogP contribution < -0.4 is 14.8 Å². The van der Waals surface area contributed by atoms with Crippen LogP contribution in [0.5, 0.6) is 11.5 Å². The fourth-order valence-electron chi connectivity index (χ4n) is 1.47. The normalized spacial score (nSPS) is 12.8. The summed E-state index contributed by atoms with van der Waals surface area (Å²) in [6, 6.07) is 5.80. The van der Waals surface area contributed by atoms with Crippen molar-refractivity contribution in [2.75, 3.05) is 26.8 Å². The van der Waals surface area contributed by atoms with Crippen molar-refractivity contribution in [2.24, 2.45) is 0 Å². The van der Waals surface area contributed by atoms with Gasteiger partial charge in [0.25, 0.3) is 0 Å². The Morgan fingerprint density at radius 2 is 2.06 bits per heavy atom. The summed E-state index contributed by atoms with van der Waals surface area (Å²) in [6.07, 6.45) is 0.852. The molecule has 84 valence electrons. The molecule has 1 aromatic rings. The first kappa shape index (κ1) is 10.8. The van der Waals surface area contributed by atoms with E-state index in [0.29, 0.717) is 13.2 Å². The maximum atomic E-state index is 5.49. The zero-order valence-corrected chi connectivity index (χ0v) is 9.38. The predicted molar refractivity (Wildman–Crippen MR) is 62.9 cm³/mol. The summed E-state index contributed by atoms with van der Waals surface area (Å²) < 4.78 is 10.9. The quantitative estimate of drug-likeness (QED) is 0.600. The molecular formula is C13H15NO2. The second-order valence-electron chi connectivity index (χ2n) is 3.51. The summed E-state index contributed by atoms with van der Waals surface area (Å²) in [5, 5.41) is 3.06. The first-order chi connectivity index (χ1) is 7.90. The van der Waals surface area contributed by atoms with Crippen LogP contribution in [-0.2, 0) is 0 Å². The van der Waals surface area contributed by atoms with Gasteiger partial charge in [0, 0.05) is 18.5 Å². The third kappa shape index (κ3) is 2.68. The lowest BCUT2D eigenvalue weighted by Gasteiger charge is -2.17. The Labute approximate surface area is 95.8 Å². The maximum absolute atomic E-state index is 5.49. The molecule has 0 spiro atoms. The minimum atomic E-state index is 0.615. The van der Waals surface area contributed by atoms with Gasteiger partial charge in [0.15, 0.2) is 11.5 Å². The van der Waals surface area contributed by atoms with Gasteiger partial charge in [0.05, 0.1) is 0 Å². The van der Waals surface area contributed by atoms with Gasteiger partial charge in [-0.2, -0.15) is 0 Å². The molecule has 3 nitrogen and oxygen atoms in total. The van der Waals surface area contributed by atoms with Crippen LogP contribution in [0.4, 0.5) is 0 Å². The molecule has 1 aromatic carbocycles. The average Bonchev–Trinajstić information content (AvgIpc) is 2.34. The molecular weight excluding hydrogens is 202 g/mol. The molecule has 1 aliphatic heterocycles. The Kier molecular flexibility index (Phi) is 3.68. The van der Waals surface area contributed by atoms with Gasteiger partial charge in [-0.15, -0.1) is 0 Å². The molecule has 0 saturated carbocycles. The average molecular weight is 217 g/mol. The van der Waals surface area contributed by atoms with Crippen LogP contribution >= 0.6 is 0 Å². The Balaban J connectivity index is 2.07. The number of rotatable bonds is 2. The van der Waals surface area contributed by atoms with E-state index in [1.807, 2.05) is 25.2 Å². The van der Waals surface area contributed by atoms with E-state index < -0.39 is 0 Å². The molecule has 2 rings (SSSR count). The van der Waals surface area contributed by atoms with Gasteiger partial charge in [-0.05, 0) is 25.2 Å². The Bertz CT molecular complexity index is 418. The molecule has 1 aliphatic rings. The van der Waals surface area contributed by atoms with Crippen LogP contribution in [0, 0.1) is 11.8 Å². The van der Waals surface area contributed by atoms with Gasteiger partial charge < -0.3 is 14.8 Å². The highest BCUT2D eigenvalue weighted by molar-refractivity contribution is 5.48. The van der Waals surface area contributed by atoms with E-state index in [-0.39, 0.29) is 0 Å². The first-order valence-corrected chi connectivity index (χ1v) is 5.43. The van der Waals surface area contributed by atoms with Crippen LogP contribution in [0.2, 0.25) is 0 Å². The van der Waals surface area contributed by atoms with E-state index >= 15 is 0 Å². The van der Waals surface area contributed by atoms with Crippen molar-refractivity contribution in [3.63, 3.8) is 0 Å². The third-order valence-electron chi connectivity index (χ3n) is 2.27. The zero-order valence-electron chi connectivity index (χ0n) is 9.38. The molecule has 1 N–H and O–H groups in total. The number of hydrogen-bond donors (Lipinski definition) is 1. The predicted octanol–water partition coefficient (Wildman–Crippen LogP) is 1.42. The number of benzene rings is 1. The smallest absolute Gasteiger partial charge is 0.162 e. The van der Waals surface area contributed by atoms with E-state index in [2.05, 4.69) is 17.2 Å². The van der Waals surface area contributed by atoms with E-state index in [1.54, 1.807) is 0 Å². The van der Waals surface area contributed by atoms with Crippen LogP contribution in [-0.4, -0.2) is 26.8 Å². The van der Waals surface area contributed by atoms with Crippen molar-refractivity contribution in [1.29, 1.82) is 0 Å². The van der Waals surface area contributed by atoms with Crippen LogP contribution in [0.25, 0.3) is 0 Å². The standard InChI is InChI=1S/C13H15NO2/c1-14-7-3-2-4-11-5-6-12-13(10-11)16-9-8-15-12/h5-6,10,14H,3,7-9H2,1H3. The molecule has 0 unspecified atom stereocenters. The van der Waals surface area contributed by atoms with Crippen LogP contribution in [0.3, 0.4) is 0 Å². The summed E-state index contributed by atoms with van der Waals surface area (Å²) in [7, 11) is 1.92. The highest BCUT2D eigenvalue weighted by Crippen LogP contribution is 2.30. The molecule has 1 heterocycles. The Morgan fingerprint density at radius 3 is 2.88 bits per heavy atom. The summed E-state index contributed by atoms with van der Waals surface area (Å²) in [4.78, 5) is 0. The lowest BCUT2D eigenvalue weighted by atomic mass is 10.2. The van der Waals surface area contributed by atoms with Crippen LogP contribution in [0.1, 0.15) is 12.0 Å². The Morgan fingerprint density at radius 1 is 1.25 bits per heavy atom. The monoisotopic (exact) mass is 217 g/mol. The molecule has 0 amide bonds. The van der Waals surface area contributed by atoms with E-state index in [4.69, 9.17) is 9.47 Å². The van der Waals surface area contributed by atoms with E-state index in [9.17, 15) is 0 Å². The lowest BCUT2D eigenvalue weighted by molar-refractivity contribution is 0.171. The third-order valence-corrected chi connectivity index (χ3v) is 2.27. The van der Waals surface area contributed by atoms with Crippen molar-refractivity contribution in [3.8, 4) is 23.3 Å². The van der Waals surface area contributed by atoms with Crippen molar-refractivity contribution >= 4 is 0 Å². The van der Waals surface area contributed by atoms with Crippen molar-refractivity contribution < 1.29 is 9.47 Å². The van der Waals surface area contributed by atoms with Gasteiger partial charge in [-0.3, -0.25) is 0 Å². The minimum absolute atomic E-state index is 0.615. The molecule has 0 saturated heterocycles. The van der Waals surface area contributed by atoms with Gasteiger partial charge >= 0.3 is 0 Å². The molecule has 0 radical (unpaired) electrons. The maximum Gasteiger partial charge on any atom is 0.162 e. The highest BCUT2D eigenvalue weighted by Gasteiger charge is 2.10. The van der Waals surface area contributed by atoms with Crippen molar-refractivity contribution in [1.82, 2.24) is 5.32 Å². The minimum Gasteiger partial charge on any atom is -0.486 e. The molecule has 0 aromatic heterocycles. The highest BCUT2D eigenvalue weighted by atomic mass is 16.6. The summed E-state index contributed by atoms with van der Waals surface area (Å²) >= 11 is 0. The molecule has 0 fully saturated rings. The number of hydrogen-bond acceptors (Lipinski definition) is 3. The van der Waals surface area contributed by atoms with Gasteiger partial charge in [-0.1, -0.05) is 11.8 Å². The second-order valence-corrected chi connectivity index (χ2v) is 3.51. The number of nitrogens with one attached hydrogen (secondary N) is 1. The summed E-state index contributed by atoms with van der Waals surface area (Å²) in [5.74, 6) is 7.81. The summed E-state index contributed by atoms with van der Waals surface area (Å²) in [6.45, 7) is 2.15. The largest absolute Gasteiger partial charge is 0.486 e. The number of fused-ring (bicyclic) bond motifs is 1. The molecule has 0 bridgehead atoms. The molecule has 16 heavy (non-hydrogen) atoms. The van der Waals surface area contributed by atoms with E-state index in [0.717, 1.165) is 30.0 Å². The second kappa shape index (κ2) is 5.43. The molecule has 0 atom stereocenters. The Hall–Kier alpha value is -1.66. The molecule has 0 aliphatic carbocycles. The molecule has 3 heteroatoms. The fourth-order valence-corrected chi connectivity index (χ4v) is 1.47. The number of ether oxygens (including phenoxy) is 2. The van der Waals surface area contributed by atoms with Crippen molar-refractivity contribution in [3.05, 3.63) is 23.8 Å². The van der Waals surface area contributed by atoms with Crippen LogP contribution in [0.15, 0.2) is 18.2 Å². The zero-order chi connectivity index (χ0) is 11.2.